The first-order valence-electron chi connectivity index (χ1n) is 9.36. The van der Waals surface area contributed by atoms with Crippen molar-refractivity contribution < 1.29 is 9.59 Å². The second kappa shape index (κ2) is 8.33. The Kier molecular flexibility index (Phi) is 5.89. The lowest BCUT2D eigenvalue weighted by Gasteiger charge is -2.36. The van der Waals surface area contributed by atoms with Gasteiger partial charge in [-0.1, -0.05) is 12.1 Å². The molecule has 1 saturated carbocycles. The molecule has 0 bridgehead atoms. The van der Waals surface area contributed by atoms with Crippen molar-refractivity contribution >= 4 is 17.5 Å². The van der Waals surface area contributed by atoms with Gasteiger partial charge in [-0.15, -0.1) is 0 Å². The van der Waals surface area contributed by atoms with Crippen LogP contribution in [-0.4, -0.2) is 54.8 Å². The number of amides is 2. The van der Waals surface area contributed by atoms with E-state index in [1.165, 1.54) is 0 Å². The maximum atomic E-state index is 12.7. The smallest absolute Gasteiger partial charge is 0.227 e. The van der Waals surface area contributed by atoms with Crippen LogP contribution in [0.1, 0.15) is 31.2 Å². The molecule has 3 rings (SSSR count). The van der Waals surface area contributed by atoms with Gasteiger partial charge in [0.05, 0.1) is 11.3 Å². The molecule has 0 aromatic heterocycles. The molecule has 1 aliphatic carbocycles. The van der Waals surface area contributed by atoms with Gasteiger partial charge in [0.15, 0.2) is 0 Å². The van der Waals surface area contributed by atoms with Crippen LogP contribution in [0, 0.1) is 23.2 Å². The number of hydrogen-bond donors (Lipinski definition) is 1. The summed E-state index contributed by atoms with van der Waals surface area (Å²) >= 11 is 0. The number of piperazine rings is 1. The lowest BCUT2D eigenvalue weighted by molar-refractivity contribution is -0.139. The zero-order valence-corrected chi connectivity index (χ0v) is 15.3. The summed E-state index contributed by atoms with van der Waals surface area (Å²) in [6.07, 6.45) is 2.99. The maximum Gasteiger partial charge on any atom is 0.227 e. The molecule has 0 atom stereocenters. The molecule has 26 heavy (non-hydrogen) atoms. The van der Waals surface area contributed by atoms with Crippen molar-refractivity contribution in [1.29, 1.82) is 5.26 Å². The number of nitrogens with zero attached hydrogens (tertiary/aromatic N) is 3. The molecule has 1 aromatic rings. The van der Waals surface area contributed by atoms with Crippen molar-refractivity contribution in [3.8, 4) is 6.07 Å². The van der Waals surface area contributed by atoms with Crippen LogP contribution >= 0.6 is 0 Å². The van der Waals surface area contributed by atoms with Crippen molar-refractivity contribution in [2.45, 2.75) is 25.7 Å². The van der Waals surface area contributed by atoms with Crippen molar-refractivity contribution in [1.82, 2.24) is 9.80 Å². The lowest BCUT2D eigenvalue weighted by atomic mass is 9.80. The summed E-state index contributed by atoms with van der Waals surface area (Å²) in [7, 11) is 2.08. The first kappa shape index (κ1) is 18.4. The van der Waals surface area contributed by atoms with E-state index >= 15 is 0 Å². The standard InChI is InChI=1S/C20H26N4O2/c1-23-10-12-24(13-11-23)20(26)16-8-6-15(7-9-16)19(25)22-18-5-3-2-4-17(18)14-21/h2-5,15-16H,6-13H2,1H3,(H,22,25). The second-order valence-corrected chi connectivity index (χ2v) is 7.32. The first-order chi connectivity index (χ1) is 12.6. The molecule has 1 heterocycles. The van der Waals surface area contributed by atoms with Crippen molar-refractivity contribution in [2.75, 3.05) is 38.5 Å². The molecule has 138 valence electrons. The number of hydrogen-bond acceptors (Lipinski definition) is 4. The third-order valence-corrected chi connectivity index (χ3v) is 5.57. The van der Waals surface area contributed by atoms with E-state index in [9.17, 15) is 9.59 Å². The van der Waals surface area contributed by atoms with Gasteiger partial charge in [0.25, 0.3) is 0 Å². The minimum atomic E-state index is -0.0849. The molecule has 0 unspecified atom stereocenters. The fourth-order valence-corrected chi connectivity index (χ4v) is 3.81. The summed E-state index contributed by atoms with van der Waals surface area (Å²) in [6.45, 7) is 3.48. The molecule has 2 aliphatic rings. The van der Waals surface area contributed by atoms with Crippen molar-refractivity contribution in [2.24, 2.45) is 11.8 Å². The predicted molar refractivity (Wildman–Crippen MR) is 99.3 cm³/mol. The van der Waals surface area contributed by atoms with E-state index in [-0.39, 0.29) is 23.7 Å². The zero-order valence-electron chi connectivity index (χ0n) is 15.3. The Labute approximate surface area is 154 Å². The molecule has 0 radical (unpaired) electrons. The molecule has 6 nitrogen and oxygen atoms in total. The van der Waals surface area contributed by atoms with Gasteiger partial charge in [0.2, 0.25) is 11.8 Å². The number of nitrogens with one attached hydrogen (secondary N) is 1. The second-order valence-electron chi connectivity index (χ2n) is 7.32. The van der Waals surface area contributed by atoms with Crippen LogP contribution < -0.4 is 5.32 Å². The van der Waals surface area contributed by atoms with E-state index in [1.54, 1.807) is 18.2 Å². The van der Waals surface area contributed by atoms with Crippen LogP contribution in [0.15, 0.2) is 24.3 Å². The van der Waals surface area contributed by atoms with E-state index < -0.39 is 0 Å². The highest BCUT2D eigenvalue weighted by atomic mass is 16.2. The molecule has 2 fully saturated rings. The minimum Gasteiger partial charge on any atom is -0.340 e. The van der Waals surface area contributed by atoms with E-state index in [0.717, 1.165) is 51.9 Å². The largest absolute Gasteiger partial charge is 0.340 e. The van der Waals surface area contributed by atoms with E-state index in [2.05, 4.69) is 23.3 Å². The van der Waals surface area contributed by atoms with Crippen LogP contribution in [0.2, 0.25) is 0 Å². The summed E-state index contributed by atoms with van der Waals surface area (Å²) in [5, 5.41) is 12.0. The molecule has 0 spiro atoms. The van der Waals surface area contributed by atoms with Crippen LogP contribution in [0.25, 0.3) is 0 Å². The number of nitriles is 1. The van der Waals surface area contributed by atoms with Gasteiger partial charge in [-0.3, -0.25) is 9.59 Å². The lowest BCUT2D eigenvalue weighted by Crippen LogP contribution is -2.49. The van der Waals surface area contributed by atoms with Gasteiger partial charge in [0, 0.05) is 38.0 Å². The van der Waals surface area contributed by atoms with Gasteiger partial charge in [0.1, 0.15) is 6.07 Å². The highest BCUT2D eigenvalue weighted by molar-refractivity contribution is 5.94. The summed E-state index contributed by atoms with van der Waals surface area (Å²) in [6, 6.07) is 9.13. The number of benzene rings is 1. The highest BCUT2D eigenvalue weighted by Gasteiger charge is 2.33. The molecule has 1 N–H and O–H groups in total. The monoisotopic (exact) mass is 354 g/mol. The Balaban J connectivity index is 1.51. The van der Waals surface area contributed by atoms with Gasteiger partial charge < -0.3 is 15.1 Å². The number of likely N-dealkylation sites (N-methyl/N-ethyl adjacent to an activating group) is 1. The highest BCUT2D eigenvalue weighted by Crippen LogP contribution is 2.31. The Morgan fingerprint density at radius 1 is 1.04 bits per heavy atom. The zero-order chi connectivity index (χ0) is 18.5. The first-order valence-corrected chi connectivity index (χ1v) is 9.36. The topological polar surface area (TPSA) is 76.4 Å². The summed E-state index contributed by atoms with van der Waals surface area (Å²) in [5.74, 6) is 0.178. The predicted octanol–water partition coefficient (Wildman–Crippen LogP) is 2.08. The van der Waals surface area contributed by atoms with Crippen LogP contribution in [-0.2, 0) is 9.59 Å². The Morgan fingerprint density at radius 3 is 2.31 bits per heavy atom. The number of carbonyl (C=O) groups is 2. The minimum absolute atomic E-state index is 0.0433. The molecule has 2 amide bonds. The maximum absolute atomic E-state index is 12.7. The number of rotatable bonds is 3. The fourth-order valence-electron chi connectivity index (χ4n) is 3.81. The van der Waals surface area contributed by atoms with Crippen LogP contribution in [0.3, 0.4) is 0 Å². The van der Waals surface area contributed by atoms with E-state index in [4.69, 9.17) is 5.26 Å². The molecular weight excluding hydrogens is 328 g/mol. The summed E-state index contributed by atoms with van der Waals surface area (Å²) in [4.78, 5) is 29.4. The molecular formula is C20H26N4O2. The Hall–Kier alpha value is -2.39. The summed E-state index contributed by atoms with van der Waals surface area (Å²) < 4.78 is 0. The third kappa shape index (κ3) is 4.23. The van der Waals surface area contributed by atoms with Gasteiger partial charge in [-0.25, -0.2) is 0 Å². The van der Waals surface area contributed by atoms with E-state index in [1.807, 2.05) is 11.0 Å². The number of para-hydroxylation sites is 1. The molecule has 1 saturated heterocycles. The van der Waals surface area contributed by atoms with Crippen molar-refractivity contribution in [3.63, 3.8) is 0 Å². The van der Waals surface area contributed by atoms with Crippen molar-refractivity contribution in [3.05, 3.63) is 29.8 Å². The average molecular weight is 354 g/mol. The molecule has 1 aromatic carbocycles. The van der Waals surface area contributed by atoms with E-state index in [0.29, 0.717) is 11.3 Å². The quantitative estimate of drug-likeness (QED) is 0.902. The van der Waals surface area contributed by atoms with Crippen LogP contribution in [0.5, 0.6) is 0 Å². The normalized spacial score (nSPS) is 23.9. The number of carbonyl (C=O) groups excluding carboxylic acids is 2. The molecule has 1 aliphatic heterocycles. The SMILES string of the molecule is CN1CCN(C(=O)C2CCC(C(=O)Nc3ccccc3C#N)CC2)CC1. The fraction of sp³-hybridized carbons (Fsp3) is 0.550. The number of anilines is 1. The van der Waals surface area contributed by atoms with Crippen LogP contribution in [0.4, 0.5) is 5.69 Å². The third-order valence-electron chi connectivity index (χ3n) is 5.57. The summed E-state index contributed by atoms with van der Waals surface area (Å²) in [5.41, 5.74) is 1.04. The Bertz CT molecular complexity index is 696. The Morgan fingerprint density at radius 2 is 1.65 bits per heavy atom. The average Bonchev–Trinajstić information content (AvgIpc) is 2.68. The van der Waals surface area contributed by atoms with Gasteiger partial charge in [-0.2, -0.15) is 5.26 Å². The molecule has 6 heteroatoms. The van der Waals surface area contributed by atoms with Gasteiger partial charge in [-0.05, 0) is 44.9 Å². The van der Waals surface area contributed by atoms with Gasteiger partial charge >= 0.3 is 0 Å².